The van der Waals surface area contributed by atoms with Crippen molar-refractivity contribution in [3.8, 4) is 5.75 Å². The highest BCUT2D eigenvalue weighted by Crippen LogP contribution is 2.29. The number of nitrogens with one attached hydrogen (secondary N) is 1. The highest BCUT2D eigenvalue weighted by atomic mass is 32.2. The minimum absolute atomic E-state index is 0.104. The second kappa shape index (κ2) is 11.1. The highest BCUT2D eigenvalue weighted by molar-refractivity contribution is 7.89. The molecule has 0 saturated carbocycles. The van der Waals surface area contributed by atoms with Gasteiger partial charge in [0.05, 0.1) is 17.2 Å². The van der Waals surface area contributed by atoms with Gasteiger partial charge >= 0.3 is 0 Å². The van der Waals surface area contributed by atoms with Gasteiger partial charge < -0.3 is 10.1 Å². The minimum atomic E-state index is -3.58. The van der Waals surface area contributed by atoms with Crippen LogP contribution in [0.15, 0.2) is 77.7 Å². The summed E-state index contributed by atoms with van der Waals surface area (Å²) in [6.07, 6.45) is 1.73. The van der Waals surface area contributed by atoms with Gasteiger partial charge in [0.15, 0.2) is 0 Å². The molecule has 3 aromatic carbocycles. The summed E-state index contributed by atoms with van der Waals surface area (Å²) in [7, 11) is -3.58. The maximum atomic E-state index is 13.1. The zero-order valence-corrected chi connectivity index (χ0v) is 21.1. The number of nitrogens with zero attached hydrogens (tertiary/aromatic N) is 1. The summed E-state index contributed by atoms with van der Waals surface area (Å²) in [6.45, 7) is 4.91. The number of aryl methyl sites for hydroxylation is 2. The Morgan fingerprint density at radius 3 is 2.37 bits per heavy atom. The molecule has 0 aromatic heterocycles. The molecular formula is C28H32N2O4S. The maximum Gasteiger partial charge on any atom is 0.243 e. The van der Waals surface area contributed by atoms with Crippen LogP contribution in [0.1, 0.15) is 29.5 Å². The van der Waals surface area contributed by atoms with E-state index in [0.717, 1.165) is 17.5 Å². The first-order chi connectivity index (χ1) is 16.8. The molecule has 7 heteroatoms. The molecular weight excluding hydrogens is 460 g/mol. The van der Waals surface area contributed by atoms with Crippen LogP contribution in [0.3, 0.4) is 0 Å². The van der Waals surface area contributed by atoms with Gasteiger partial charge in [-0.2, -0.15) is 4.31 Å². The zero-order chi connectivity index (χ0) is 24.8. The number of amides is 1. The normalized spacial score (nSPS) is 15.0. The lowest BCUT2D eigenvalue weighted by molar-refractivity contribution is -0.120. The molecule has 6 nitrogen and oxygen atoms in total. The summed E-state index contributed by atoms with van der Waals surface area (Å²) in [5.74, 6) is 0.275. The number of piperidine rings is 1. The van der Waals surface area contributed by atoms with Crippen molar-refractivity contribution >= 4 is 21.6 Å². The quantitative estimate of drug-likeness (QED) is 0.482. The average Bonchev–Trinajstić information content (AvgIpc) is 2.85. The van der Waals surface area contributed by atoms with E-state index in [1.807, 2.05) is 68.4 Å². The lowest BCUT2D eigenvalue weighted by Crippen LogP contribution is -2.41. The number of hydrogen-bond donors (Lipinski definition) is 1. The molecule has 1 heterocycles. The van der Waals surface area contributed by atoms with Gasteiger partial charge in [-0.1, -0.05) is 60.2 Å². The Balaban J connectivity index is 1.34. The van der Waals surface area contributed by atoms with Crippen LogP contribution >= 0.6 is 0 Å². The number of hydrogen-bond acceptors (Lipinski definition) is 4. The first kappa shape index (κ1) is 24.9. The fourth-order valence-corrected chi connectivity index (χ4v) is 6.12. The topological polar surface area (TPSA) is 75.7 Å². The Labute approximate surface area is 208 Å². The van der Waals surface area contributed by atoms with Crippen LogP contribution in [-0.4, -0.2) is 38.3 Å². The number of para-hydroxylation sites is 2. The number of carbonyl (C=O) groups is 1. The third kappa shape index (κ3) is 6.10. The van der Waals surface area contributed by atoms with Gasteiger partial charge in [0.2, 0.25) is 15.9 Å². The molecule has 3 aromatic rings. The summed E-state index contributed by atoms with van der Waals surface area (Å²) in [5.41, 5.74) is 3.60. The molecule has 35 heavy (non-hydrogen) atoms. The molecule has 0 unspecified atom stereocenters. The fourth-order valence-electron chi connectivity index (χ4n) is 4.44. The van der Waals surface area contributed by atoms with Crippen molar-refractivity contribution in [1.82, 2.24) is 4.31 Å². The molecule has 0 bridgehead atoms. The van der Waals surface area contributed by atoms with E-state index in [0.29, 0.717) is 48.9 Å². The third-order valence-corrected chi connectivity index (χ3v) is 8.47. The lowest BCUT2D eigenvalue weighted by Gasteiger charge is -2.31. The van der Waals surface area contributed by atoms with Crippen LogP contribution < -0.4 is 10.1 Å². The van der Waals surface area contributed by atoms with Crippen LogP contribution in [0.25, 0.3) is 0 Å². The van der Waals surface area contributed by atoms with Crippen molar-refractivity contribution in [1.29, 1.82) is 0 Å². The van der Waals surface area contributed by atoms with Crippen LogP contribution in [0, 0.1) is 19.8 Å². The Kier molecular flexibility index (Phi) is 7.88. The number of ether oxygens (including phenoxy) is 1. The summed E-state index contributed by atoms with van der Waals surface area (Å²) in [6, 6.07) is 22.9. The van der Waals surface area contributed by atoms with Gasteiger partial charge in [0.1, 0.15) is 5.75 Å². The van der Waals surface area contributed by atoms with Crippen molar-refractivity contribution < 1.29 is 17.9 Å². The highest BCUT2D eigenvalue weighted by Gasteiger charge is 2.33. The summed E-state index contributed by atoms with van der Waals surface area (Å²) in [4.78, 5) is 13.3. The Bertz CT molecular complexity index is 1270. The molecule has 1 amide bonds. The van der Waals surface area contributed by atoms with Crippen LogP contribution in [0.5, 0.6) is 5.75 Å². The predicted octanol–water partition coefficient (Wildman–Crippen LogP) is 4.96. The van der Waals surface area contributed by atoms with Crippen molar-refractivity contribution in [2.75, 3.05) is 25.0 Å². The monoisotopic (exact) mass is 492 g/mol. The van der Waals surface area contributed by atoms with Gasteiger partial charge in [-0.15, -0.1) is 0 Å². The standard InChI is InChI=1S/C28H32N2O4S/c1-21-12-13-27(22(2)20-21)35(32,33)30-17-14-24(15-18-30)28(31)29-25-10-6-7-11-26(25)34-19-16-23-8-4-3-5-9-23/h3-13,20,24H,14-19H2,1-2H3,(H,29,31). The van der Waals surface area contributed by atoms with Gasteiger partial charge in [-0.25, -0.2) is 8.42 Å². The van der Waals surface area contributed by atoms with Gasteiger partial charge in [0.25, 0.3) is 0 Å². The summed E-state index contributed by atoms with van der Waals surface area (Å²) >= 11 is 0. The fraction of sp³-hybridized carbons (Fsp3) is 0.321. The zero-order valence-electron chi connectivity index (χ0n) is 20.2. The van der Waals surface area contributed by atoms with Crippen molar-refractivity contribution in [3.05, 3.63) is 89.5 Å². The number of carbonyl (C=O) groups excluding carboxylic acids is 1. The van der Waals surface area contributed by atoms with Crippen LogP contribution in [0.2, 0.25) is 0 Å². The first-order valence-electron chi connectivity index (χ1n) is 12.0. The summed E-state index contributed by atoms with van der Waals surface area (Å²) < 4.78 is 33.7. The molecule has 4 rings (SSSR count). The van der Waals surface area contributed by atoms with E-state index < -0.39 is 10.0 Å². The molecule has 0 aliphatic carbocycles. The van der Waals surface area contributed by atoms with Gasteiger partial charge in [-0.3, -0.25) is 4.79 Å². The second-order valence-electron chi connectivity index (χ2n) is 9.02. The third-order valence-electron chi connectivity index (χ3n) is 6.41. The number of sulfonamides is 1. The number of anilines is 1. The summed E-state index contributed by atoms with van der Waals surface area (Å²) in [5, 5.41) is 3.00. The van der Waals surface area contributed by atoms with Crippen molar-refractivity contribution in [2.45, 2.75) is 38.0 Å². The molecule has 0 atom stereocenters. The number of benzene rings is 3. The largest absolute Gasteiger partial charge is 0.491 e. The van der Waals surface area contributed by atoms with E-state index in [1.165, 1.54) is 9.87 Å². The van der Waals surface area contributed by atoms with E-state index in [1.54, 1.807) is 6.07 Å². The molecule has 1 saturated heterocycles. The van der Waals surface area contributed by atoms with E-state index in [2.05, 4.69) is 17.4 Å². The average molecular weight is 493 g/mol. The first-order valence-corrected chi connectivity index (χ1v) is 13.4. The molecule has 1 fully saturated rings. The maximum absolute atomic E-state index is 13.1. The van der Waals surface area contributed by atoms with E-state index in [4.69, 9.17) is 4.74 Å². The Morgan fingerprint density at radius 1 is 0.971 bits per heavy atom. The van der Waals surface area contributed by atoms with E-state index in [-0.39, 0.29) is 11.8 Å². The molecule has 184 valence electrons. The molecule has 1 aliphatic heterocycles. The van der Waals surface area contributed by atoms with Gasteiger partial charge in [0, 0.05) is 25.4 Å². The van der Waals surface area contributed by atoms with Crippen molar-refractivity contribution in [2.24, 2.45) is 5.92 Å². The Hall–Kier alpha value is -3.16. The van der Waals surface area contributed by atoms with E-state index in [9.17, 15) is 13.2 Å². The van der Waals surface area contributed by atoms with Crippen LogP contribution in [-0.2, 0) is 21.2 Å². The molecule has 0 radical (unpaired) electrons. The molecule has 0 spiro atoms. The number of rotatable bonds is 8. The molecule has 1 N–H and O–H groups in total. The van der Waals surface area contributed by atoms with Crippen LogP contribution in [0.4, 0.5) is 5.69 Å². The molecule has 1 aliphatic rings. The minimum Gasteiger partial charge on any atom is -0.491 e. The Morgan fingerprint density at radius 2 is 1.66 bits per heavy atom. The predicted molar refractivity (Wildman–Crippen MR) is 138 cm³/mol. The lowest BCUT2D eigenvalue weighted by atomic mass is 9.97. The SMILES string of the molecule is Cc1ccc(S(=O)(=O)N2CCC(C(=O)Nc3ccccc3OCCc3ccccc3)CC2)c(C)c1. The smallest absolute Gasteiger partial charge is 0.243 e. The van der Waals surface area contributed by atoms with Gasteiger partial charge in [-0.05, 0) is 56.0 Å². The van der Waals surface area contributed by atoms with Crippen molar-refractivity contribution in [3.63, 3.8) is 0 Å². The van der Waals surface area contributed by atoms with E-state index >= 15 is 0 Å². The second-order valence-corrected chi connectivity index (χ2v) is 10.9.